The molecule has 1 fully saturated rings. The number of carbonyl (C=O) groups excluding carboxylic acids is 1. The van der Waals surface area contributed by atoms with Gasteiger partial charge in [-0.25, -0.2) is 0 Å². The first-order valence-corrected chi connectivity index (χ1v) is 7.39. The van der Waals surface area contributed by atoms with Gasteiger partial charge in [0.2, 0.25) is 0 Å². The fraction of sp³-hybridized carbons (Fsp3) is 0.533. The summed E-state index contributed by atoms with van der Waals surface area (Å²) in [5.74, 6) is -0.248. The normalized spacial score (nSPS) is 22.1. The van der Waals surface area contributed by atoms with Crippen LogP contribution in [0, 0.1) is 0 Å². The van der Waals surface area contributed by atoms with Gasteiger partial charge in [-0.2, -0.15) is 8.78 Å². The number of amides is 1. The predicted molar refractivity (Wildman–Crippen MR) is 77.1 cm³/mol. The molecule has 1 aromatic carbocycles. The molecule has 0 saturated heterocycles. The minimum atomic E-state index is -2.90. The SMILES string of the molecule is CN(C(=O)c1cccc(OC(F)F)c1)C1CCCCC1Cl. The van der Waals surface area contributed by atoms with Gasteiger partial charge in [0.1, 0.15) is 5.75 Å². The van der Waals surface area contributed by atoms with Gasteiger partial charge in [-0.3, -0.25) is 4.79 Å². The summed E-state index contributed by atoms with van der Waals surface area (Å²) in [6.45, 7) is -2.90. The number of rotatable bonds is 4. The highest BCUT2D eigenvalue weighted by Crippen LogP contribution is 2.28. The third-order valence-corrected chi connectivity index (χ3v) is 4.28. The Morgan fingerprint density at radius 1 is 1.38 bits per heavy atom. The Morgan fingerprint density at radius 3 is 2.76 bits per heavy atom. The summed E-state index contributed by atoms with van der Waals surface area (Å²) in [6.07, 6.45) is 3.87. The van der Waals surface area contributed by atoms with E-state index in [1.165, 1.54) is 18.2 Å². The van der Waals surface area contributed by atoms with Gasteiger partial charge in [0.05, 0.1) is 5.38 Å². The molecule has 0 spiro atoms. The summed E-state index contributed by atoms with van der Waals surface area (Å²) in [6, 6.07) is 5.82. The summed E-state index contributed by atoms with van der Waals surface area (Å²) in [4.78, 5) is 14.1. The number of halogens is 3. The van der Waals surface area contributed by atoms with E-state index in [0.717, 1.165) is 25.7 Å². The minimum Gasteiger partial charge on any atom is -0.435 e. The first-order valence-electron chi connectivity index (χ1n) is 6.95. The van der Waals surface area contributed by atoms with E-state index in [1.54, 1.807) is 18.0 Å². The Labute approximate surface area is 127 Å². The van der Waals surface area contributed by atoms with E-state index in [1.807, 2.05) is 0 Å². The van der Waals surface area contributed by atoms with Crippen LogP contribution in [0.25, 0.3) is 0 Å². The average molecular weight is 318 g/mol. The van der Waals surface area contributed by atoms with Crippen LogP contribution in [0.4, 0.5) is 8.78 Å². The molecule has 0 bridgehead atoms. The first kappa shape index (κ1) is 16.0. The molecule has 3 nitrogen and oxygen atoms in total. The van der Waals surface area contributed by atoms with Crippen molar-refractivity contribution in [3.05, 3.63) is 29.8 Å². The summed E-state index contributed by atoms with van der Waals surface area (Å²) in [5.41, 5.74) is 0.324. The van der Waals surface area contributed by atoms with Gasteiger partial charge in [-0.15, -0.1) is 11.6 Å². The first-order chi connectivity index (χ1) is 9.99. The molecule has 2 unspecified atom stereocenters. The molecular weight excluding hydrogens is 300 g/mol. The van der Waals surface area contributed by atoms with Crippen molar-refractivity contribution >= 4 is 17.5 Å². The van der Waals surface area contributed by atoms with Gasteiger partial charge in [0, 0.05) is 18.7 Å². The number of hydrogen-bond acceptors (Lipinski definition) is 2. The van der Waals surface area contributed by atoms with Crippen molar-refractivity contribution in [1.29, 1.82) is 0 Å². The lowest BCUT2D eigenvalue weighted by molar-refractivity contribution is -0.0499. The number of carbonyl (C=O) groups is 1. The van der Waals surface area contributed by atoms with E-state index >= 15 is 0 Å². The fourth-order valence-electron chi connectivity index (χ4n) is 2.66. The van der Waals surface area contributed by atoms with E-state index < -0.39 is 6.61 Å². The lowest BCUT2D eigenvalue weighted by Crippen LogP contribution is -2.44. The molecule has 1 amide bonds. The van der Waals surface area contributed by atoms with E-state index in [9.17, 15) is 13.6 Å². The lowest BCUT2D eigenvalue weighted by atomic mass is 9.93. The van der Waals surface area contributed by atoms with Crippen LogP contribution in [0.15, 0.2) is 24.3 Å². The molecule has 2 rings (SSSR count). The van der Waals surface area contributed by atoms with Crippen LogP contribution in [0.3, 0.4) is 0 Å². The molecule has 0 radical (unpaired) electrons. The Morgan fingerprint density at radius 2 is 2.10 bits per heavy atom. The summed E-state index contributed by atoms with van der Waals surface area (Å²) in [7, 11) is 1.70. The molecule has 116 valence electrons. The van der Waals surface area contributed by atoms with Crippen molar-refractivity contribution in [3.63, 3.8) is 0 Å². The van der Waals surface area contributed by atoms with Crippen LogP contribution < -0.4 is 4.74 Å². The molecule has 6 heteroatoms. The molecule has 21 heavy (non-hydrogen) atoms. The minimum absolute atomic E-state index is 0.0182. The van der Waals surface area contributed by atoms with Crippen LogP contribution in [0.2, 0.25) is 0 Å². The monoisotopic (exact) mass is 317 g/mol. The maximum atomic E-state index is 12.5. The van der Waals surface area contributed by atoms with Crippen molar-refractivity contribution in [3.8, 4) is 5.75 Å². The second-order valence-corrected chi connectivity index (χ2v) is 5.75. The summed E-state index contributed by atoms with van der Waals surface area (Å²) in [5, 5.41) is -0.0619. The van der Waals surface area contributed by atoms with E-state index in [4.69, 9.17) is 11.6 Å². The van der Waals surface area contributed by atoms with Gasteiger partial charge in [-0.1, -0.05) is 18.9 Å². The zero-order valence-electron chi connectivity index (χ0n) is 11.8. The highest BCUT2D eigenvalue weighted by molar-refractivity contribution is 6.21. The topological polar surface area (TPSA) is 29.5 Å². The van der Waals surface area contributed by atoms with Gasteiger partial charge in [0.25, 0.3) is 5.91 Å². The van der Waals surface area contributed by atoms with Crippen molar-refractivity contribution in [2.45, 2.75) is 43.7 Å². The Balaban J connectivity index is 2.11. The Kier molecular flexibility index (Phi) is 5.39. The number of nitrogens with zero attached hydrogens (tertiary/aromatic N) is 1. The fourth-order valence-corrected chi connectivity index (χ4v) is 3.11. The average Bonchev–Trinajstić information content (AvgIpc) is 2.46. The molecule has 2 atom stereocenters. The number of ether oxygens (including phenoxy) is 1. The molecule has 1 aromatic rings. The molecule has 1 saturated carbocycles. The number of alkyl halides is 3. The van der Waals surface area contributed by atoms with Crippen molar-refractivity contribution in [2.75, 3.05) is 7.05 Å². The third-order valence-electron chi connectivity index (χ3n) is 3.77. The third kappa shape index (κ3) is 4.06. The molecule has 1 aliphatic rings. The molecule has 0 aromatic heterocycles. The van der Waals surface area contributed by atoms with Gasteiger partial charge in [-0.05, 0) is 31.0 Å². The highest BCUT2D eigenvalue weighted by Gasteiger charge is 2.30. The number of benzene rings is 1. The zero-order valence-corrected chi connectivity index (χ0v) is 12.5. The Hall–Kier alpha value is -1.36. The largest absolute Gasteiger partial charge is 0.435 e. The van der Waals surface area contributed by atoms with Crippen molar-refractivity contribution in [1.82, 2.24) is 4.90 Å². The van der Waals surface area contributed by atoms with Crippen molar-refractivity contribution in [2.24, 2.45) is 0 Å². The second-order valence-electron chi connectivity index (χ2n) is 5.19. The van der Waals surface area contributed by atoms with Gasteiger partial charge >= 0.3 is 6.61 Å². The van der Waals surface area contributed by atoms with Gasteiger partial charge < -0.3 is 9.64 Å². The van der Waals surface area contributed by atoms with E-state index in [-0.39, 0.29) is 23.1 Å². The Bertz CT molecular complexity index is 498. The van der Waals surface area contributed by atoms with Crippen LogP contribution >= 0.6 is 11.6 Å². The molecule has 1 aliphatic carbocycles. The number of hydrogen-bond donors (Lipinski definition) is 0. The van der Waals surface area contributed by atoms with Crippen LogP contribution in [0.5, 0.6) is 5.75 Å². The molecular formula is C15H18ClF2NO2. The maximum absolute atomic E-state index is 12.5. The van der Waals surface area contributed by atoms with Crippen LogP contribution in [-0.2, 0) is 0 Å². The standard InChI is InChI=1S/C15H18ClF2NO2/c1-19(13-8-3-2-7-12(13)16)14(20)10-5-4-6-11(9-10)21-15(17)18/h4-6,9,12-13,15H,2-3,7-8H2,1H3. The summed E-state index contributed by atoms with van der Waals surface area (Å²) < 4.78 is 28.8. The van der Waals surface area contributed by atoms with Crippen LogP contribution in [0.1, 0.15) is 36.0 Å². The van der Waals surface area contributed by atoms with E-state index in [2.05, 4.69) is 4.74 Å². The van der Waals surface area contributed by atoms with E-state index in [0.29, 0.717) is 5.56 Å². The smallest absolute Gasteiger partial charge is 0.387 e. The quantitative estimate of drug-likeness (QED) is 0.788. The lowest BCUT2D eigenvalue weighted by Gasteiger charge is -2.35. The van der Waals surface area contributed by atoms with Crippen molar-refractivity contribution < 1.29 is 18.3 Å². The van der Waals surface area contributed by atoms with Crippen LogP contribution in [-0.4, -0.2) is 35.9 Å². The molecule has 0 heterocycles. The predicted octanol–water partition coefficient (Wildman–Crippen LogP) is 3.91. The zero-order chi connectivity index (χ0) is 15.4. The molecule has 0 N–H and O–H groups in total. The maximum Gasteiger partial charge on any atom is 0.387 e. The second kappa shape index (κ2) is 7.07. The van der Waals surface area contributed by atoms with Gasteiger partial charge in [0.15, 0.2) is 0 Å². The highest BCUT2D eigenvalue weighted by atomic mass is 35.5. The molecule has 0 aliphatic heterocycles. The summed E-state index contributed by atoms with van der Waals surface area (Å²) >= 11 is 6.29.